The van der Waals surface area contributed by atoms with E-state index in [9.17, 15) is 4.39 Å². The van der Waals surface area contributed by atoms with E-state index in [4.69, 9.17) is 5.73 Å². The van der Waals surface area contributed by atoms with Gasteiger partial charge in [-0.15, -0.1) is 0 Å². The summed E-state index contributed by atoms with van der Waals surface area (Å²) >= 11 is 0. The summed E-state index contributed by atoms with van der Waals surface area (Å²) in [5.74, 6) is 0.606. The quantitative estimate of drug-likeness (QED) is 0.851. The van der Waals surface area contributed by atoms with Gasteiger partial charge in [-0.05, 0) is 56.3 Å². The molecule has 17 heavy (non-hydrogen) atoms. The van der Waals surface area contributed by atoms with Gasteiger partial charge in [-0.1, -0.05) is 6.07 Å². The molecular weight excluding hydrogens is 215 g/mol. The number of hydrogen-bond acceptors (Lipinski definition) is 2. The summed E-state index contributed by atoms with van der Waals surface area (Å²) in [4.78, 5) is 2.05. The minimum absolute atomic E-state index is 0.133. The lowest BCUT2D eigenvalue weighted by atomic mass is 10.1. The SMILES string of the molecule is CC(C1CC1)N(C)c1ccc(CCN)cc1F. The van der Waals surface area contributed by atoms with Crippen molar-refractivity contribution < 1.29 is 4.39 Å². The van der Waals surface area contributed by atoms with Crippen molar-refractivity contribution in [3.05, 3.63) is 29.6 Å². The molecule has 0 bridgehead atoms. The predicted molar refractivity (Wildman–Crippen MR) is 69.7 cm³/mol. The van der Waals surface area contributed by atoms with Gasteiger partial charge in [-0.3, -0.25) is 0 Å². The van der Waals surface area contributed by atoms with Gasteiger partial charge >= 0.3 is 0 Å². The molecular formula is C14H21FN2. The van der Waals surface area contributed by atoms with Crippen LogP contribution in [0.4, 0.5) is 10.1 Å². The molecule has 0 saturated heterocycles. The second kappa shape index (κ2) is 5.05. The molecule has 1 aliphatic carbocycles. The largest absolute Gasteiger partial charge is 0.369 e. The molecule has 0 radical (unpaired) electrons. The van der Waals surface area contributed by atoms with Gasteiger partial charge in [0.1, 0.15) is 5.82 Å². The first-order valence-electron chi connectivity index (χ1n) is 6.35. The van der Waals surface area contributed by atoms with Crippen molar-refractivity contribution in [1.29, 1.82) is 0 Å². The topological polar surface area (TPSA) is 29.3 Å². The number of nitrogens with zero attached hydrogens (tertiary/aromatic N) is 1. The Morgan fingerprint density at radius 3 is 2.71 bits per heavy atom. The lowest BCUT2D eigenvalue weighted by Crippen LogP contribution is -2.31. The number of halogens is 1. The minimum atomic E-state index is -0.133. The Morgan fingerprint density at radius 2 is 2.18 bits per heavy atom. The molecule has 1 aliphatic rings. The average Bonchev–Trinajstić information content (AvgIpc) is 3.12. The maximum atomic E-state index is 14.0. The molecule has 2 N–H and O–H groups in total. The van der Waals surface area contributed by atoms with Gasteiger partial charge in [-0.25, -0.2) is 4.39 Å². The van der Waals surface area contributed by atoms with Crippen LogP contribution in [0.2, 0.25) is 0 Å². The first-order valence-corrected chi connectivity index (χ1v) is 6.35. The number of benzene rings is 1. The van der Waals surface area contributed by atoms with E-state index in [-0.39, 0.29) is 5.82 Å². The van der Waals surface area contributed by atoms with E-state index in [1.807, 2.05) is 19.2 Å². The fraction of sp³-hybridized carbons (Fsp3) is 0.571. The van der Waals surface area contributed by atoms with Crippen molar-refractivity contribution in [2.45, 2.75) is 32.2 Å². The van der Waals surface area contributed by atoms with Crippen molar-refractivity contribution in [2.75, 3.05) is 18.5 Å². The fourth-order valence-electron chi connectivity index (χ4n) is 2.27. The van der Waals surface area contributed by atoms with Crippen molar-refractivity contribution in [3.63, 3.8) is 0 Å². The van der Waals surface area contributed by atoms with Gasteiger partial charge in [0.05, 0.1) is 5.69 Å². The molecule has 0 aromatic heterocycles. The highest BCUT2D eigenvalue weighted by Crippen LogP contribution is 2.36. The highest BCUT2D eigenvalue weighted by atomic mass is 19.1. The number of nitrogens with two attached hydrogens (primary N) is 1. The molecule has 94 valence electrons. The van der Waals surface area contributed by atoms with Crippen LogP contribution < -0.4 is 10.6 Å². The summed E-state index contributed by atoms with van der Waals surface area (Å²) < 4.78 is 14.0. The molecule has 1 atom stereocenters. The third-order valence-electron chi connectivity index (χ3n) is 3.74. The summed E-state index contributed by atoms with van der Waals surface area (Å²) in [5.41, 5.74) is 7.14. The van der Waals surface area contributed by atoms with Crippen molar-refractivity contribution in [2.24, 2.45) is 11.7 Å². The Labute approximate surface area is 103 Å². The van der Waals surface area contributed by atoms with Gasteiger partial charge in [0.25, 0.3) is 0 Å². The van der Waals surface area contributed by atoms with Crippen LogP contribution in [-0.2, 0) is 6.42 Å². The molecule has 2 rings (SSSR count). The van der Waals surface area contributed by atoms with E-state index in [0.29, 0.717) is 18.3 Å². The third kappa shape index (κ3) is 2.78. The number of anilines is 1. The molecule has 1 saturated carbocycles. The van der Waals surface area contributed by atoms with Crippen LogP contribution >= 0.6 is 0 Å². The fourth-order valence-corrected chi connectivity index (χ4v) is 2.27. The lowest BCUT2D eigenvalue weighted by Gasteiger charge is -2.27. The second-order valence-electron chi connectivity index (χ2n) is 5.01. The second-order valence-corrected chi connectivity index (χ2v) is 5.01. The lowest BCUT2D eigenvalue weighted by molar-refractivity contribution is 0.575. The zero-order valence-corrected chi connectivity index (χ0v) is 10.6. The van der Waals surface area contributed by atoms with Crippen molar-refractivity contribution in [1.82, 2.24) is 0 Å². The summed E-state index contributed by atoms with van der Waals surface area (Å²) in [5, 5.41) is 0. The van der Waals surface area contributed by atoms with Crippen LogP contribution in [0.5, 0.6) is 0 Å². The van der Waals surface area contributed by atoms with Crippen LogP contribution in [0.15, 0.2) is 18.2 Å². The van der Waals surface area contributed by atoms with E-state index in [2.05, 4.69) is 11.8 Å². The zero-order valence-electron chi connectivity index (χ0n) is 10.6. The van der Waals surface area contributed by atoms with Crippen molar-refractivity contribution >= 4 is 5.69 Å². The maximum Gasteiger partial charge on any atom is 0.146 e. The van der Waals surface area contributed by atoms with E-state index in [1.165, 1.54) is 12.8 Å². The maximum absolute atomic E-state index is 14.0. The minimum Gasteiger partial charge on any atom is -0.369 e. The predicted octanol–water partition coefficient (Wildman–Crippen LogP) is 2.56. The highest BCUT2D eigenvalue weighted by molar-refractivity contribution is 5.49. The standard InChI is InChI=1S/C14H21FN2/c1-10(12-4-5-12)17(2)14-6-3-11(7-8-16)9-13(14)15/h3,6,9-10,12H,4-5,7-8,16H2,1-2H3. The van der Waals surface area contributed by atoms with Crippen LogP contribution in [0.3, 0.4) is 0 Å². The summed E-state index contributed by atoms with van der Waals surface area (Å²) in [6, 6.07) is 5.88. The molecule has 1 aromatic carbocycles. The van der Waals surface area contributed by atoms with Crippen molar-refractivity contribution in [3.8, 4) is 0 Å². The van der Waals surface area contributed by atoms with Gasteiger partial charge in [-0.2, -0.15) is 0 Å². The third-order valence-corrected chi connectivity index (χ3v) is 3.74. The van der Waals surface area contributed by atoms with Gasteiger partial charge in [0.2, 0.25) is 0 Å². The first kappa shape index (κ1) is 12.4. The molecule has 0 spiro atoms. The van der Waals surface area contributed by atoms with Crippen LogP contribution in [-0.4, -0.2) is 19.6 Å². The first-order chi connectivity index (χ1) is 8.13. The molecule has 1 unspecified atom stereocenters. The molecule has 1 fully saturated rings. The number of rotatable bonds is 5. The normalized spacial score (nSPS) is 16.9. The van der Waals surface area contributed by atoms with Gasteiger partial charge in [0, 0.05) is 13.1 Å². The van der Waals surface area contributed by atoms with E-state index < -0.39 is 0 Å². The van der Waals surface area contributed by atoms with E-state index in [0.717, 1.165) is 17.9 Å². The Kier molecular flexibility index (Phi) is 3.67. The van der Waals surface area contributed by atoms with Crippen LogP contribution in [0.1, 0.15) is 25.3 Å². The van der Waals surface area contributed by atoms with E-state index >= 15 is 0 Å². The summed E-state index contributed by atoms with van der Waals surface area (Å²) in [7, 11) is 1.98. The zero-order chi connectivity index (χ0) is 12.4. The molecule has 3 heteroatoms. The highest BCUT2D eigenvalue weighted by Gasteiger charge is 2.31. The Hall–Kier alpha value is -1.09. The smallest absolute Gasteiger partial charge is 0.146 e. The van der Waals surface area contributed by atoms with Crippen LogP contribution in [0.25, 0.3) is 0 Å². The Morgan fingerprint density at radius 1 is 1.47 bits per heavy atom. The molecule has 0 aliphatic heterocycles. The molecule has 2 nitrogen and oxygen atoms in total. The molecule has 0 amide bonds. The van der Waals surface area contributed by atoms with Gasteiger partial charge in [0.15, 0.2) is 0 Å². The van der Waals surface area contributed by atoms with Crippen LogP contribution in [0, 0.1) is 11.7 Å². The average molecular weight is 236 g/mol. The number of hydrogen-bond donors (Lipinski definition) is 1. The monoisotopic (exact) mass is 236 g/mol. The summed E-state index contributed by atoms with van der Waals surface area (Å²) in [6.45, 7) is 2.73. The Bertz CT molecular complexity index is 388. The Balaban J connectivity index is 2.14. The van der Waals surface area contributed by atoms with E-state index in [1.54, 1.807) is 6.07 Å². The molecule has 0 heterocycles. The summed E-state index contributed by atoms with van der Waals surface area (Å²) in [6.07, 6.45) is 3.29. The van der Waals surface area contributed by atoms with Gasteiger partial charge < -0.3 is 10.6 Å². The molecule has 1 aromatic rings.